The van der Waals surface area contributed by atoms with Gasteiger partial charge in [-0.1, -0.05) is 36.0 Å². The van der Waals surface area contributed by atoms with Crippen LogP contribution >= 0.6 is 0 Å². The summed E-state index contributed by atoms with van der Waals surface area (Å²) < 4.78 is 5.00. The van der Waals surface area contributed by atoms with Crippen LogP contribution in [-0.4, -0.2) is 41.3 Å². The largest absolute Gasteiger partial charge is 0.466 e. The average molecular weight is 405 g/mol. The maximum atomic E-state index is 12.5. The molecule has 0 aromatic carbocycles. The molecule has 1 atom stereocenters. The number of esters is 1. The van der Waals surface area contributed by atoms with Crippen molar-refractivity contribution in [1.82, 2.24) is 0 Å². The van der Waals surface area contributed by atoms with Gasteiger partial charge in [0.05, 0.1) is 24.2 Å². The smallest absolute Gasteiger partial charge is 0.334 e. The molecule has 1 fully saturated rings. The third-order valence-electron chi connectivity index (χ3n) is 4.90. The molecule has 0 amide bonds. The number of aliphatic hydroxyl groups excluding tert-OH is 1. The SMILES string of the molecule is COC(=O)C(=C(/C=C/C/C(C)=C\C=CC(C)(C)O)CCCCO)[C@@H]1CCCC1=O. The Morgan fingerprint density at radius 3 is 2.59 bits per heavy atom. The topological polar surface area (TPSA) is 83.8 Å². The van der Waals surface area contributed by atoms with Gasteiger partial charge in [-0.05, 0) is 64.9 Å². The lowest BCUT2D eigenvalue weighted by molar-refractivity contribution is -0.138. The Balaban J connectivity index is 3.07. The normalized spacial score (nSPS) is 19.3. The Bertz CT molecular complexity index is 674. The van der Waals surface area contributed by atoms with E-state index in [0.717, 1.165) is 24.0 Å². The van der Waals surface area contributed by atoms with E-state index in [1.807, 2.05) is 31.2 Å². The first kappa shape index (κ1) is 25.1. The van der Waals surface area contributed by atoms with Crippen LogP contribution in [0.2, 0.25) is 0 Å². The van der Waals surface area contributed by atoms with E-state index < -0.39 is 11.6 Å². The Morgan fingerprint density at radius 2 is 2.03 bits per heavy atom. The molecule has 0 radical (unpaired) electrons. The van der Waals surface area contributed by atoms with Crippen LogP contribution in [0, 0.1) is 5.92 Å². The van der Waals surface area contributed by atoms with E-state index in [-0.39, 0.29) is 18.3 Å². The summed E-state index contributed by atoms with van der Waals surface area (Å²) in [5.74, 6) is -0.719. The molecular formula is C24H36O5. The highest BCUT2D eigenvalue weighted by Crippen LogP contribution is 2.32. The zero-order chi connectivity index (χ0) is 21.9. The summed E-state index contributed by atoms with van der Waals surface area (Å²) in [6.07, 6.45) is 14.1. The number of ketones is 1. The van der Waals surface area contributed by atoms with E-state index in [0.29, 0.717) is 37.7 Å². The monoisotopic (exact) mass is 404 g/mol. The molecule has 5 nitrogen and oxygen atoms in total. The molecule has 0 spiro atoms. The van der Waals surface area contributed by atoms with Crippen molar-refractivity contribution in [1.29, 1.82) is 0 Å². The Hall–Kier alpha value is -1.98. The zero-order valence-corrected chi connectivity index (χ0v) is 18.2. The molecule has 1 aliphatic carbocycles. The van der Waals surface area contributed by atoms with Crippen LogP contribution in [0.25, 0.3) is 0 Å². The third kappa shape index (κ3) is 9.37. The van der Waals surface area contributed by atoms with Crippen molar-refractivity contribution in [3.8, 4) is 0 Å². The Morgan fingerprint density at radius 1 is 1.31 bits per heavy atom. The number of hydrogen-bond acceptors (Lipinski definition) is 5. The number of ether oxygens (including phenoxy) is 1. The number of unbranched alkanes of at least 4 members (excludes halogenated alkanes) is 1. The molecule has 1 rings (SSSR count). The number of rotatable bonds is 11. The lowest BCUT2D eigenvalue weighted by Crippen LogP contribution is -2.20. The predicted octanol–water partition coefficient (Wildman–Crippen LogP) is 4.21. The molecule has 0 unspecified atom stereocenters. The maximum Gasteiger partial charge on any atom is 0.334 e. The molecule has 2 N–H and O–H groups in total. The van der Waals surface area contributed by atoms with E-state index >= 15 is 0 Å². The van der Waals surface area contributed by atoms with Crippen LogP contribution in [0.15, 0.2) is 47.1 Å². The van der Waals surface area contributed by atoms with Gasteiger partial charge in [0, 0.05) is 13.0 Å². The predicted molar refractivity (Wildman–Crippen MR) is 115 cm³/mol. The van der Waals surface area contributed by atoms with Crippen LogP contribution in [0.4, 0.5) is 0 Å². The maximum absolute atomic E-state index is 12.5. The highest BCUT2D eigenvalue weighted by atomic mass is 16.5. The molecule has 162 valence electrons. The number of methoxy groups -OCH3 is 1. The number of allylic oxidation sites excluding steroid dienone is 6. The minimum absolute atomic E-state index is 0.0995. The molecule has 29 heavy (non-hydrogen) atoms. The van der Waals surface area contributed by atoms with Gasteiger partial charge in [-0.15, -0.1) is 0 Å². The summed E-state index contributed by atoms with van der Waals surface area (Å²) in [4.78, 5) is 24.8. The van der Waals surface area contributed by atoms with Crippen molar-refractivity contribution in [3.63, 3.8) is 0 Å². The summed E-state index contributed by atoms with van der Waals surface area (Å²) >= 11 is 0. The number of carbonyl (C=O) groups is 2. The van der Waals surface area contributed by atoms with Gasteiger partial charge in [0.25, 0.3) is 0 Å². The zero-order valence-electron chi connectivity index (χ0n) is 18.2. The second-order valence-corrected chi connectivity index (χ2v) is 8.15. The molecule has 5 heteroatoms. The molecule has 1 saturated carbocycles. The van der Waals surface area contributed by atoms with Crippen molar-refractivity contribution < 1.29 is 24.5 Å². The van der Waals surface area contributed by atoms with Gasteiger partial charge >= 0.3 is 5.97 Å². The molecule has 0 saturated heterocycles. The van der Waals surface area contributed by atoms with Crippen molar-refractivity contribution in [3.05, 3.63) is 47.1 Å². The van der Waals surface area contributed by atoms with Gasteiger partial charge in [-0.25, -0.2) is 4.79 Å². The van der Waals surface area contributed by atoms with Gasteiger partial charge in [0.1, 0.15) is 5.78 Å². The van der Waals surface area contributed by atoms with Gasteiger partial charge in [0.15, 0.2) is 0 Å². The van der Waals surface area contributed by atoms with E-state index in [1.165, 1.54) is 7.11 Å². The fourth-order valence-corrected chi connectivity index (χ4v) is 3.37. The summed E-state index contributed by atoms with van der Waals surface area (Å²) in [5, 5.41) is 18.8. The lowest BCUT2D eigenvalue weighted by atomic mass is 9.89. The first-order valence-electron chi connectivity index (χ1n) is 10.4. The quantitative estimate of drug-likeness (QED) is 0.233. The van der Waals surface area contributed by atoms with E-state index in [1.54, 1.807) is 19.9 Å². The van der Waals surface area contributed by atoms with Crippen LogP contribution in [0.5, 0.6) is 0 Å². The van der Waals surface area contributed by atoms with Gasteiger partial charge < -0.3 is 14.9 Å². The van der Waals surface area contributed by atoms with E-state index in [4.69, 9.17) is 9.84 Å². The minimum atomic E-state index is -0.849. The summed E-state index contributed by atoms with van der Waals surface area (Å²) in [7, 11) is 1.35. The summed E-state index contributed by atoms with van der Waals surface area (Å²) in [6.45, 7) is 5.53. The highest BCUT2D eigenvalue weighted by Gasteiger charge is 2.33. The van der Waals surface area contributed by atoms with Crippen molar-refractivity contribution in [2.75, 3.05) is 13.7 Å². The van der Waals surface area contributed by atoms with Crippen molar-refractivity contribution in [2.24, 2.45) is 5.92 Å². The van der Waals surface area contributed by atoms with Gasteiger partial charge in [-0.3, -0.25) is 4.79 Å². The minimum Gasteiger partial charge on any atom is -0.466 e. The molecule has 0 bridgehead atoms. The fourth-order valence-electron chi connectivity index (χ4n) is 3.37. The second kappa shape index (κ2) is 12.6. The van der Waals surface area contributed by atoms with E-state index in [9.17, 15) is 14.7 Å². The molecule has 0 aromatic rings. The van der Waals surface area contributed by atoms with Crippen LogP contribution in [0.3, 0.4) is 0 Å². The summed E-state index contributed by atoms with van der Waals surface area (Å²) in [5.41, 5.74) is 1.56. The van der Waals surface area contributed by atoms with Gasteiger partial charge in [0.2, 0.25) is 0 Å². The standard InChI is InChI=1S/C24H36O5/c1-18(11-9-16-24(2,3)28)10-7-13-19(12-5-6-17-25)22(23(27)29-4)20-14-8-15-21(20)26/h7,9,11,13,16,20,25,28H,5-6,8,10,12,14-15,17H2,1-4H3/b13-7+,16-9?,18-11-,22-19?/t20-/m1/s1. The first-order chi connectivity index (χ1) is 13.7. The number of carbonyl (C=O) groups excluding carboxylic acids is 2. The van der Waals surface area contributed by atoms with Gasteiger partial charge in [-0.2, -0.15) is 0 Å². The number of Topliss-reactive ketones (excluding diaryl/α,β-unsaturated/α-hetero) is 1. The van der Waals surface area contributed by atoms with Crippen LogP contribution in [-0.2, 0) is 14.3 Å². The van der Waals surface area contributed by atoms with Crippen molar-refractivity contribution in [2.45, 2.75) is 71.3 Å². The molecule has 1 aliphatic rings. The molecule has 0 aliphatic heterocycles. The van der Waals surface area contributed by atoms with Crippen molar-refractivity contribution >= 4 is 11.8 Å². The lowest BCUT2D eigenvalue weighted by Gasteiger charge is -2.16. The van der Waals surface area contributed by atoms with E-state index in [2.05, 4.69) is 0 Å². The molecule has 0 aromatic heterocycles. The highest BCUT2D eigenvalue weighted by molar-refractivity contribution is 5.99. The van der Waals surface area contributed by atoms with Crippen LogP contribution < -0.4 is 0 Å². The second-order valence-electron chi connectivity index (χ2n) is 8.15. The average Bonchev–Trinajstić information content (AvgIpc) is 3.06. The Kier molecular flexibility index (Phi) is 10.8. The molecular weight excluding hydrogens is 368 g/mol. The fraction of sp³-hybridized carbons (Fsp3) is 0.583. The third-order valence-corrected chi connectivity index (χ3v) is 4.90. The summed E-state index contributed by atoms with van der Waals surface area (Å²) in [6, 6.07) is 0. The van der Waals surface area contributed by atoms with Crippen LogP contribution in [0.1, 0.15) is 65.7 Å². The number of aliphatic hydroxyl groups is 2. The first-order valence-corrected chi connectivity index (χ1v) is 10.4. The molecule has 0 heterocycles. The number of hydrogen-bond donors (Lipinski definition) is 2. The Labute approximate surface area is 174 Å².